The molecule has 1 heterocycles. The molecule has 29 heavy (non-hydrogen) atoms. The number of amides is 2. The highest BCUT2D eigenvalue weighted by atomic mass is 35.5. The van der Waals surface area contributed by atoms with Gasteiger partial charge in [-0.3, -0.25) is 9.59 Å². The van der Waals surface area contributed by atoms with Gasteiger partial charge in [-0.25, -0.2) is 8.78 Å². The molecule has 0 saturated carbocycles. The first-order valence-electron chi connectivity index (χ1n) is 9.19. The van der Waals surface area contributed by atoms with Crippen molar-refractivity contribution in [1.29, 1.82) is 0 Å². The molecule has 5 nitrogen and oxygen atoms in total. The van der Waals surface area contributed by atoms with Gasteiger partial charge in [0, 0.05) is 36.0 Å². The third-order valence-electron chi connectivity index (χ3n) is 5.02. The van der Waals surface area contributed by atoms with Gasteiger partial charge in [-0.1, -0.05) is 11.6 Å². The van der Waals surface area contributed by atoms with Crippen LogP contribution in [0.25, 0.3) is 0 Å². The van der Waals surface area contributed by atoms with Crippen molar-refractivity contribution in [3.05, 3.63) is 64.7 Å². The van der Waals surface area contributed by atoms with Gasteiger partial charge in [0.1, 0.15) is 17.4 Å². The molecule has 2 amide bonds. The lowest BCUT2D eigenvalue weighted by Gasteiger charge is -2.42. The lowest BCUT2D eigenvalue weighted by Crippen LogP contribution is -2.50. The molecule has 154 valence electrons. The van der Waals surface area contributed by atoms with E-state index in [9.17, 15) is 18.4 Å². The number of carbonyl (C=O) groups excluding carboxylic acids is 2. The number of likely N-dealkylation sites (tertiary alicyclic amines) is 1. The Hall–Kier alpha value is -2.67. The second-order valence-electron chi connectivity index (χ2n) is 7.34. The summed E-state index contributed by atoms with van der Waals surface area (Å²) in [5, 5.41) is 0.569. The standard InChI is InChI=1S/C21H21ClF2N2O3/c22-14-2-5-16(6-3-14)29-13-21(11-19(25)27)8-1-9-26(12-21)20(28)17-7-4-15(23)10-18(17)24/h2-7,10H,1,8-9,11-13H2,(H2,25,27)/t21-/m0/s1. The molecular formula is C21H21ClF2N2O3. The van der Waals surface area contributed by atoms with Crippen molar-refractivity contribution in [2.45, 2.75) is 19.3 Å². The number of carbonyl (C=O) groups is 2. The third-order valence-corrected chi connectivity index (χ3v) is 5.27. The van der Waals surface area contributed by atoms with Crippen molar-refractivity contribution in [3.63, 3.8) is 0 Å². The molecule has 0 bridgehead atoms. The third kappa shape index (κ3) is 5.23. The molecule has 3 rings (SSSR count). The van der Waals surface area contributed by atoms with Gasteiger partial charge in [0.25, 0.3) is 5.91 Å². The Morgan fingerprint density at radius 3 is 2.55 bits per heavy atom. The highest BCUT2D eigenvalue weighted by molar-refractivity contribution is 6.30. The molecule has 2 aromatic rings. The van der Waals surface area contributed by atoms with Crippen LogP contribution in [0.4, 0.5) is 8.78 Å². The van der Waals surface area contributed by atoms with Gasteiger partial charge in [0.05, 0.1) is 12.2 Å². The zero-order valence-corrected chi connectivity index (χ0v) is 16.4. The number of hydrogen-bond acceptors (Lipinski definition) is 3. The van der Waals surface area contributed by atoms with Gasteiger partial charge < -0.3 is 15.4 Å². The van der Waals surface area contributed by atoms with Crippen molar-refractivity contribution in [2.75, 3.05) is 19.7 Å². The Bertz CT molecular complexity index is 907. The highest BCUT2D eigenvalue weighted by Crippen LogP contribution is 2.35. The number of hydrogen-bond donors (Lipinski definition) is 1. The average Bonchev–Trinajstić information content (AvgIpc) is 2.67. The predicted molar refractivity (Wildman–Crippen MR) is 105 cm³/mol. The number of nitrogens with zero attached hydrogens (tertiary/aromatic N) is 1. The molecule has 0 unspecified atom stereocenters. The van der Waals surface area contributed by atoms with Gasteiger partial charge in [0.15, 0.2) is 0 Å². The fraction of sp³-hybridized carbons (Fsp3) is 0.333. The van der Waals surface area contributed by atoms with Crippen LogP contribution in [-0.4, -0.2) is 36.4 Å². The fourth-order valence-electron chi connectivity index (χ4n) is 3.66. The number of piperidine rings is 1. The Kier molecular flexibility index (Phi) is 6.37. The second kappa shape index (κ2) is 8.78. The van der Waals surface area contributed by atoms with Crippen LogP contribution >= 0.6 is 11.6 Å². The predicted octanol–water partition coefficient (Wildman–Crippen LogP) is 3.80. The fourth-order valence-corrected chi connectivity index (χ4v) is 3.79. The summed E-state index contributed by atoms with van der Waals surface area (Å²) in [6.07, 6.45) is 1.25. The molecule has 1 fully saturated rings. The second-order valence-corrected chi connectivity index (χ2v) is 7.78. The van der Waals surface area contributed by atoms with Gasteiger partial charge in [-0.05, 0) is 49.2 Å². The number of primary amides is 1. The molecular weight excluding hydrogens is 402 g/mol. The van der Waals surface area contributed by atoms with Crippen molar-refractivity contribution in [3.8, 4) is 5.75 Å². The summed E-state index contributed by atoms with van der Waals surface area (Å²) >= 11 is 5.88. The molecule has 1 atom stereocenters. The molecule has 1 aliphatic rings. The first-order chi connectivity index (χ1) is 13.8. The maximum Gasteiger partial charge on any atom is 0.256 e. The van der Waals surface area contributed by atoms with E-state index in [1.54, 1.807) is 24.3 Å². The molecule has 0 spiro atoms. The van der Waals surface area contributed by atoms with Crippen molar-refractivity contribution < 1.29 is 23.1 Å². The highest BCUT2D eigenvalue weighted by Gasteiger charge is 2.40. The number of rotatable bonds is 6. The van der Waals surface area contributed by atoms with E-state index in [4.69, 9.17) is 22.1 Å². The van der Waals surface area contributed by atoms with Crippen LogP contribution in [0.3, 0.4) is 0 Å². The number of benzene rings is 2. The Morgan fingerprint density at radius 1 is 1.17 bits per heavy atom. The summed E-state index contributed by atoms with van der Waals surface area (Å²) in [7, 11) is 0. The molecule has 2 N–H and O–H groups in total. The van der Waals surface area contributed by atoms with Gasteiger partial charge in [-0.2, -0.15) is 0 Å². The molecule has 0 aromatic heterocycles. The van der Waals surface area contributed by atoms with Crippen molar-refractivity contribution >= 4 is 23.4 Å². The smallest absolute Gasteiger partial charge is 0.256 e. The Labute approximate surface area is 172 Å². The molecule has 0 radical (unpaired) electrons. The monoisotopic (exact) mass is 422 g/mol. The summed E-state index contributed by atoms with van der Waals surface area (Å²) in [4.78, 5) is 26.0. The van der Waals surface area contributed by atoms with E-state index in [1.807, 2.05) is 0 Å². The maximum absolute atomic E-state index is 14.1. The summed E-state index contributed by atoms with van der Waals surface area (Å²) < 4.78 is 33.1. The quantitative estimate of drug-likeness (QED) is 0.769. The van der Waals surface area contributed by atoms with Crippen molar-refractivity contribution in [1.82, 2.24) is 4.90 Å². The normalized spacial score (nSPS) is 19.1. The van der Waals surface area contributed by atoms with Crippen LogP contribution in [0, 0.1) is 17.0 Å². The van der Waals surface area contributed by atoms with E-state index in [1.165, 1.54) is 4.90 Å². The number of ether oxygens (including phenoxy) is 1. The summed E-state index contributed by atoms with van der Waals surface area (Å²) in [6.45, 7) is 0.740. The van der Waals surface area contributed by atoms with E-state index in [0.29, 0.717) is 36.2 Å². The molecule has 0 aliphatic carbocycles. The van der Waals surface area contributed by atoms with Gasteiger partial charge >= 0.3 is 0 Å². The maximum atomic E-state index is 14.1. The SMILES string of the molecule is NC(=O)C[C@@]1(COc2ccc(Cl)cc2)CCCN(C(=O)c2ccc(F)cc2F)C1. The molecule has 1 saturated heterocycles. The minimum Gasteiger partial charge on any atom is -0.493 e. The van der Waals surface area contributed by atoms with Crippen LogP contribution in [0.1, 0.15) is 29.6 Å². The van der Waals surface area contributed by atoms with E-state index in [-0.39, 0.29) is 25.1 Å². The molecule has 8 heteroatoms. The van der Waals surface area contributed by atoms with Crippen LogP contribution in [0.15, 0.2) is 42.5 Å². The van der Waals surface area contributed by atoms with E-state index < -0.39 is 28.9 Å². The minimum atomic E-state index is -0.918. The summed E-state index contributed by atoms with van der Waals surface area (Å²) in [6, 6.07) is 9.64. The van der Waals surface area contributed by atoms with Crippen LogP contribution in [0.5, 0.6) is 5.75 Å². The van der Waals surface area contributed by atoms with E-state index in [0.717, 1.165) is 12.1 Å². The lowest BCUT2D eigenvalue weighted by atomic mass is 9.77. The first kappa shape index (κ1) is 21.0. The van der Waals surface area contributed by atoms with Gasteiger partial charge in [0.2, 0.25) is 5.91 Å². The number of halogens is 3. The topological polar surface area (TPSA) is 72.6 Å². The summed E-state index contributed by atoms with van der Waals surface area (Å²) in [5.41, 5.74) is 4.55. The van der Waals surface area contributed by atoms with Crippen LogP contribution in [0.2, 0.25) is 5.02 Å². The largest absolute Gasteiger partial charge is 0.493 e. The van der Waals surface area contributed by atoms with E-state index >= 15 is 0 Å². The Balaban J connectivity index is 1.78. The lowest BCUT2D eigenvalue weighted by molar-refractivity contribution is -0.122. The number of nitrogens with two attached hydrogens (primary N) is 1. The van der Waals surface area contributed by atoms with Crippen molar-refractivity contribution in [2.24, 2.45) is 11.1 Å². The van der Waals surface area contributed by atoms with Gasteiger partial charge in [-0.15, -0.1) is 0 Å². The average molecular weight is 423 g/mol. The van der Waals surface area contributed by atoms with Crippen LogP contribution in [-0.2, 0) is 4.79 Å². The first-order valence-corrected chi connectivity index (χ1v) is 9.57. The summed E-state index contributed by atoms with van der Waals surface area (Å²) in [5.74, 6) is -2.16. The van der Waals surface area contributed by atoms with E-state index in [2.05, 4.69) is 0 Å². The molecule has 2 aromatic carbocycles. The zero-order chi connectivity index (χ0) is 21.0. The molecule has 1 aliphatic heterocycles. The van der Waals surface area contributed by atoms with Crippen LogP contribution < -0.4 is 10.5 Å². The minimum absolute atomic E-state index is 0.0241. The zero-order valence-electron chi connectivity index (χ0n) is 15.7. The Morgan fingerprint density at radius 2 is 1.90 bits per heavy atom.